The Morgan fingerprint density at radius 1 is 1.19 bits per heavy atom. The van der Waals surface area contributed by atoms with Crippen LogP contribution in [0.5, 0.6) is 0 Å². The highest BCUT2D eigenvalue weighted by Crippen LogP contribution is 2.20. The molecule has 0 saturated carbocycles. The minimum atomic E-state index is 0.232. The molecule has 3 heterocycles. The zero-order chi connectivity index (χ0) is 14.8. The van der Waals surface area contributed by atoms with E-state index in [0.717, 1.165) is 32.0 Å². The second kappa shape index (κ2) is 5.85. The third kappa shape index (κ3) is 2.78. The quantitative estimate of drug-likeness (QED) is 0.855. The van der Waals surface area contributed by atoms with Crippen molar-refractivity contribution in [2.24, 2.45) is 0 Å². The van der Waals surface area contributed by atoms with Crippen LogP contribution in [0.2, 0.25) is 5.28 Å². The molecule has 0 saturated heterocycles. The molecule has 7 nitrogen and oxygen atoms in total. The van der Waals surface area contributed by atoms with E-state index in [2.05, 4.69) is 48.2 Å². The summed E-state index contributed by atoms with van der Waals surface area (Å²) in [6, 6.07) is 0. The van der Waals surface area contributed by atoms with Crippen LogP contribution in [-0.2, 0) is 13.1 Å². The van der Waals surface area contributed by atoms with Crippen molar-refractivity contribution in [1.29, 1.82) is 0 Å². The van der Waals surface area contributed by atoms with Gasteiger partial charge in [0.1, 0.15) is 5.82 Å². The third-order valence-electron chi connectivity index (χ3n) is 3.66. The van der Waals surface area contributed by atoms with E-state index in [4.69, 9.17) is 11.6 Å². The van der Waals surface area contributed by atoms with Gasteiger partial charge >= 0.3 is 0 Å². The van der Waals surface area contributed by atoms with E-state index in [1.807, 2.05) is 12.4 Å². The lowest BCUT2D eigenvalue weighted by atomic mass is 10.4. The number of anilines is 2. The van der Waals surface area contributed by atoms with Gasteiger partial charge < -0.3 is 14.4 Å². The molecule has 3 rings (SSSR count). The van der Waals surface area contributed by atoms with E-state index in [-0.39, 0.29) is 5.28 Å². The monoisotopic (exact) mass is 307 g/mol. The van der Waals surface area contributed by atoms with Gasteiger partial charge in [-0.2, -0.15) is 15.0 Å². The Kier molecular flexibility index (Phi) is 3.92. The average Bonchev–Trinajstić information content (AvgIpc) is 2.95. The van der Waals surface area contributed by atoms with Gasteiger partial charge in [-0.15, -0.1) is 0 Å². The first-order chi connectivity index (χ1) is 10.2. The van der Waals surface area contributed by atoms with Gasteiger partial charge in [-0.3, -0.25) is 0 Å². The Balaban J connectivity index is 1.89. The second-order valence-electron chi connectivity index (χ2n) is 4.84. The largest absolute Gasteiger partial charge is 0.341 e. The average molecular weight is 308 g/mol. The van der Waals surface area contributed by atoms with Gasteiger partial charge in [0.05, 0.1) is 6.54 Å². The summed E-state index contributed by atoms with van der Waals surface area (Å²) >= 11 is 6.07. The lowest BCUT2D eigenvalue weighted by Crippen LogP contribution is -2.35. The maximum absolute atomic E-state index is 6.07. The highest BCUT2D eigenvalue weighted by molar-refractivity contribution is 6.28. The van der Waals surface area contributed by atoms with E-state index in [1.165, 1.54) is 0 Å². The van der Waals surface area contributed by atoms with Gasteiger partial charge in [0.2, 0.25) is 17.2 Å². The zero-order valence-corrected chi connectivity index (χ0v) is 13.0. The summed E-state index contributed by atoms with van der Waals surface area (Å²) in [5, 5.41) is 0.232. The fraction of sp³-hybridized carbons (Fsp3) is 0.538. The van der Waals surface area contributed by atoms with Crippen LogP contribution in [0, 0.1) is 0 Å². The summed E-state index contributed by atoms with van der Waals surface area (Å²) in [4.78, 5) is 21.6. The normalized spacial score (nSPS) is 14.1. The summed E-state index contributed by atoms with van der Waals surface area (Å²) in [7, 11) is 0. The van der Waals surface area contributed by atoms with Gasteiger partial charge in [-0.1, -0.05) is 0 Å². The van der Waals surface area contributed by atoms with E-state index >= 15 is 0 Å². The molecule has 112 valence electrons. The molecule has 0 fully saturated rings. The van der Waals surface area contributed by atoms with Crippen LogP contribution < -0.4 is 9.80 Å². The SMILES string of the molecule is CCN(CC)c1nc(Cl)nc(N2CCn3ccnc3C2)n1. The van der Waals surface area contributed by atoms with Gasteiger partial charge in [0, 0.05) is 38.6 Å². The van der Waals surface area contributed by atoms with E-state index in [1.54, 1.807) is 0 Å². The van der Waals surface area contributed by atoms with Crippen LogP contribution in [0.4, 0.5) is 11.9 Å². The molecule has 2 aromatic heterocycles. The first-order valence-electron chi connectivity index (χ1n) is 7.12. The van der Waals surface area contributed by atoms with Crippen LogP contribution >= 0.6 is 11.6 Å². The summed E-state index contributed by atoms with van der Waals surface area (Å²) in [6.45, 7) is 8.20. The molecule has 21 heavy (non-hydrogen) atoms. The van der Waals surface area contributed by atoms with Crippen molar-refractivity contribution >= 4 is 23.5 Å². The summed E-state index contributed by atoms with van der Waals surface area (Å²) in [5.74, 6) is 2.26. The molecule has 1 aliphatic heterocycles. The highest BCUT2D eigenvalue weighted by Gasteiger charge is 2.21. The Morgan fingerprint density at radius 2 is 2.00 bits per heavy atom. The minimum absolute atomic E-state index is 0.232. The predicted octanol–water partition coefficient (Wildman–Crippen LogP) is 1.59. The first-order valence-corrected chi connectivity index (χ1v) is 7.50. The Bertz CT molecular complexity index is 623. The maximum atomic E-state index is 6.07. The van der Waals surface area contributed by atoms with Gasteiger partial charge in [0.25, 0.3) is 0 Å². The predicted molar refractivity (Wildman–Crippen MR) is 81.7 cm³/mol. The van der Waals surface area contributed by atoms with Crippen molar-refractivity contribution in [3.63, 3.8) is 0 Å². The van der Waals surface area contributed by atoms with Crippen LogP contribution in [0.15, 0.2) is 12.4 Å². The number of fused-ring (bicyclic) bond motifs is 1. The number of halogens is 1. The number of nitrogens with zero attached hydrogens (tertiary/aromatic N) is 7. The Morgan fingerprint density at radius 3 is 2.76 bits per heavy atom. The number of aromatic nitrogens is 5. The van der Waals surface area contributed by atoms with Crippen LogP contribution in [0.3, 0.4) is 0 Å². The van der Waals surface area contributed by atoms with Crippen molar-refractivity contribution in [2.75, 3.05) is 29.4 Å². The number of hydrogen-bond donors (Lipinski definition) is 0. The molecule has 1 aliphatic rings. The van der Waals surface area contributed by atoms with Crippen molar-refractivity contribution in [2.45, 2.75) is 26.9 Å². The highest BCUT2D eigenvalue weighted by atomic mass is 35.5. The van der Waals surface area contributed by atoms with E-state index in [0.29, 0.717) is 18.4 Å². The van der Waals surface area contributed by atoms with Crippen molar-refractivity contribution in [3.05, 3.63) is 23.5 Å². The fourth-order valence-electron chi connectivity index (χ4n) is 2.46. The molecule has 0 aliphatic carbocycles. The Hall–Kier alpha value is -1.89. The molecule has 0 spiro atoms. The summed E-state index contributed by atoms with van der Waals surface area (Å²) in [5.41, 5.74) is 0. The molecular weight excluding hydrogens is 290 g/mol. The molecule has 0 bridgehead atoms. The van der Waals surface area contributed by atoms with Crippen LogP contribution in [0.1, 0.15) is 19.7 Å². The smallest absolute Gasteiger partial charge is 0.231 e. The topological polar surface area (TPSA) is 63.0 Å². The van der Waals surface area contributed by atoms with Crippen molar-refractivity contribution < 1.29 is 0 Å². The maximum Gasteiger partial charge on any atom is 0.231 e. The molecule has 0 unspecified atom stereocenters. The molecular formula is C13H18ClN7. The molecule has 2 aromatic rings. The fourth-order valence-corrected chi connectivity index (χ4v) is 2.61. The summed E-state index contributed by atoms with van der Waals surface area (Å²) < 4.78 is 2.14. The summed E-state index contributed by atoms with van der Waals surface area (Å²) in [6.07, 6.45) is 3.81. The molecule has 0 atom stereocenters. The van der Waals surface area contributed by atoms with Gasteiger partial charge in [-0.25, -0.2) is 4.98 Å². The lowest BCUT2D eigenvalue weighted by Gasteiger charge is -2.28. The van der Waals surface area contributed by atoms with Gasteiger partial charge in [-0.05, 0) is 25.4 Å². The zero-order valence-electron chi connectivity index (χ0n) is 12.2. The minimum Gasteiger partial charge on any atom is -0.341 e. The molecule has 0 N–H and O–H groups in total. The third-order valence-corrected chi connectivity index (χ3v) is 3.83. The number of hydrogen-bond acceptors (Lipinski definition) is 6. The van der Waals surface area contributed by atoms with Gasteiger partial charge in [0.15, 0.2) is 0 Å². The number of rotatable bonds is 4. The standard InChI is InChI=1S/C13H18ClN7/c1-3-19(4-2)12-16-11(14)17-13(18-12)21-8-7-20-6-5-15-10(20)9-21/h5-6H,3-4,7-9H2,1-2H3. The first kappa shape index (κ1) is 14.1. The molecule has 0 radical (unpaired) electrons. The van der Waals surface area contributed by atoms with E-state index < -0.39 is 0 Å². The molecule has 0 amide bonds. The molecule has 8 heteroatoms. The van der Waals surface area contributed by atoms with Crippen molar-refractivity contribution in [1.82, 2.24) is 24.5 Å². The Labute approximate surface area is 128 Å². The lowest BCUT2D eigenvalue weighted by molar-refractivity contribution is 0.550. The van der Waals surface area contributed by atoms with Crippen LogP contribution in [-0.4, -0.2) is 44.1 Å². The molecule has 0 aromatic carbocycles. The van der Waals surface area contributed by atoms with Crippen molar-refractivity contribution in [3.8, 4) is 0 Å². The van der Waals surface area contributed by atoms with Crippen LogP contribution in [0.25, 0.3) is 0 Å². The van der Waals surface area contributed by atoms with E-state index in [9.17, 15) is 0 Å². The number of imidazole rings is 1. The second-order valence-corrected chi connectivity index (χ2v) is 5.17.